The van der Waals surface area contributed by atoms with Crippen molar-refractivity contribution in [3.8, 4) is 0 Å². The van der Waals surface area contributed by atoms with Gasteiger partial charge in [0.05, 0.1) is 6.61 Å². The molecule has 0 aliphatic heterocycles. The van der Waals surface area contributed by atoms with Gasteiger partial charge in [0.2, 0.25) is 0 Å². The molecule has 1 nitrogen and oxygen atoms in total. The van der Waals surface area contributed by atoms with E-state index in [9.17, 15) is 0 Å². The summed E-state index contributed by atoms with van der Waals surface area (Å²) in [6.07, 6.45) is 8.34. The maximum absolute atomic E-state index is 5.31. The largest absolute Gasteiger partial charge is 0.380 e. The van der Waals surface area contributed by atoms with Crippen molar-refractivity contribution in [3.05, 3.63) is 36.0 Å². The van der Waals surface area contributed by atoms with Gasteiger partial charge < -0.3 is 4.74 Å². The molecule has 3 unspecified atom stereocenters. The SMILES string of the molecule is C=C(CC)/C(=C\C(=C)C(C)CCC(C)C(C)CCC(C)C)COC. The summed E-state index contributed by atoms with van der Waals surface area (Å²) in [5, 5.41) is 0. The number of allylic oxidation sites excluding steroid dienone is 2. The van der Waals surface area contributed by atoms with Crippen LogP contribution < -0.4 is 0 Å². The third-order valence-corrected chi connectivity index (χ3v) is 5.40. The molecule has 0 radical (unpaired) electrons. The topological polar surface area (TPSA) is 9.23 Å². The van der Waals surface area contributed by atoms with E-state index >= 15 is 0 Å². The molecule has 0 aromatic carbocycles. The first kappa shape index (κ1) is 23.2. The van der Waals surface area contributed by atoms with Gasteiger partial charge in [-0.1, -0.05) is 79.2 Å². The van der Waals surface area contributed by atoms with Crippen LogP contribution in [0.5, 0.6) is 0 Å². The Labute approximate surface area is 152 Å². The molecule has 140 valence electrons. The van der Waals surface area contributed by atoms with Crippen molar-refractivity contribution in [2.45, 2.75) is 73.6 Å². The molecule has 0 N–H and O–H groups in total. The second-order valence-electron chi connectivity index (χ2n) is 8.04. The van der Waals surface area contributed by atoms with E-state index in [0.717, 1.165) is 29.7 Å². The van der Waals surface area contributed by atoms with Crippen LogP contribution in [0, 0.1) is 23.7 Å². The molecular weight excluding hydrogens is 292 g/mol. The predicted octanol–water partition coefficient (Wildman–Crippen LogP) is 7.21. The van der Waals surface area contributed by atoms with Crippen LogP contribution in [-0.4, -0.2) is 13.7 Å². The van der Waals surface area contributed by atoms with E-state index in [4.69, 9.17) is 4.74 Å². The first-order valence-electron chi connectivity index (χ1n) is 9.79. The number of hydrogen-bond donors (Lipinski definition) is 0. The van der Waals surface area contributed by atoms with Crippen molar-refractivity contribution in [2.75, 3.05) is 13.7 Å². The fourth-order valence-electron chi connectivity index (χ4n) is 2.86. The number of methoxy groups -OCH3 is 1. The van der Waals surface area contributed by atoms with E-state index in [-0.39, 0.29) is 0 Å². The molecule has 1 heteroatoms. The monoisotopic (exact) mass is 334 g/mol. The average molecular weight is 335 g/mol. The van der Waals surface area contributed by atoms with Gasteiger partial charge >= 0.3 is 0 Å². The normalized spacial score (nSPS) is 16.1. The molecule has 0 saturated carbocycles. The van der Waals surface area contributed by atoms with Crippen molar-refractivity contribution in [1.82, 2.24) is 0 Å². The predicted molar refractivity (Wildman–Crippen MR) is 109 cm³/mol. The third-order valence-electron chi connectivity index (χ3n) is 5.40. The Bertz CT molecular complexity index is 402. The Morgan fingerprint density at radius 1 is 0.917 bits per heavy atom. The second kappa shape index (κ2) is 12.5. The summed E-state index contributed by atoms with van der Waals surface area (Å²) in [5.41, 5.74) is 3.55. The first-order valence-corrected chi connectivity index (χ1v) is 9.79. The highest BCUT2D eigenvalue weighted by Gasteiger charge is 2.15. The van der Waals surface area contributed by atoms with Gasteiger partial charge in [0, 0.05) is 7.11 Å². The lowest BCUT2D eigenvalue weighted by Crippen LogP contribution is -2.11. The van der Waals surface area contributed by atoms with Crippen molar-refractivity contribution in [3.63, 3.8) is 0 Å². The Hall–Kier alpha value is -0.820. The van der Waals surface area contributed by atoms with Gasteiger partial charge in [-0.05, 0) is 54.1 Å². The summed E-state index contributed by atoms with van der Waals surface area (Å²) in [6, 6.07) is 0. The molecule has 24 heavy (non-hydrogen) atoms. The van der Waals surface area contributed by atoms with Crippen LogP contribution in [0.3, 0.4) is 0 Å². The van der Waals surface area contributed by atoms with E-state index in [1.807, 2.05) is 0 Å². The van der Waals surface area contributed by atoms with Crippen LogP contribution in [0.15, 0.2) is 36.0 Å². The lowest BCUT2D eigenvalue weighted by molar-refractivity contribution is 0.227. The summed E-state index contributed by atoms with van der Waals surface area (Å²) < 4.78 is 5.31. The first-order chi connectivity index (χ1) is 11.2. The van der Waals surface area contributed by atoms with Crippen molar-refractivity contribution in [2.24, 2.45) is 23.7 Å². The lowest BCUT2D eigenvalue weighted by atomic mass is 9.83. The maximum atomic E-state index is 5.31. The van der Waals surface area contributed by atoms with E-state index in [1.165, 1.54) is 36.8 Å². The number of rotatable bonds is 13. The van der Waals surface area contributed by atoms with E-state index in [1.54, 1.807) is 7.11 Å². The molecule has 0 bridgehead atoms. The molecule has 0 aliphatic rings. The molecule has 0 amide bonds. The summed E-state index contributed by atoms with van der Waals surface area (Å²) >= 11 is 0. The molecular formula is C23H42O. The Morgan fingerprint density at radius 3 is 1.92 bits per heavy atom. The molecule has 0 aliphatic carbocycles. The quantitative estimate of drug-likeness (QED) is 0.323. The zero-order valence-electron chi connectivity index (χ0n) is 17.5. The fraction of sp³-hybridized carbons (Fsp3) is 0.739. The van der Waals surface area contributed by atoms with Crippen molar-refractivity contribution in [1.29, 1.82) is 0 Å². The van der Waals surface area contributed by atoms with E-state index in [2.05, 4.69) is 60.8 Å². The number of hydrogen-bond acceptors (Lipinski definition) is 1. The van der Waals surface area contributed by atoms with E-state index < -0.39 is 0 Å². The van der Waals surface area contributed by atoms with Crippen molar-refractivity contribution < 1.29 is 4.74 Å². The zero-order chi connectivity index (χ0) is 18.7. The highest BCUT2D eigenvalue weighted by Crippen LogP contribution is 2.28. The molecule has 0 aromatic rings. The molecule has 0 aromatic heterocycles. The molecule has 3 atom stereocenters. The minimum absolute atomic E-state index is 0.515. The molecule has 0 rings (SSSR count). The fourth-order valence-corrected chi connectivity index (χ4v) is 2.86. The summed E-state index contributed by atoms with van der Waals surface area (Å²) in [6.45, 7) is 23.0. The van der Waals surface area contributed by atoms with Gasteiger partial charge in [-0.15, -0.1) is 0 Å². The van der Waals surface area contributed by atoms with Gasteiger partial charge in [-0.3, -0.25) is 0 Å². The van der Waals surface area contributed by atoms with Crippen LogP contribution in [0.25, 0.3) is 0 Å². The van der Waals surface area contributed by atoms with Crippen LogP contribution in [0.1, 0.15) is 73.6 Å². The van der Waals surface area contributed by atoms with Gasteiger partial charge in [-0.2, -0.15) is 0 Å². The van der Waals surface area contributed by atoms with Gasteiger partial charge in [0.25, 0.3) is 0 Å². The van der Waals surface area contributed by atoms with Gasteiger partial charge in [0.1, 0.15) is 0 Å². The van der Waals surface area contributed by atoms with E-state index in [0.29, 0.717) is 12.5 Å². The number of ether oxygens (including phenoxy) is 1. The highest BCUT2D eigenvalue weighted by atomic mass is 16.5. The Kier molecular flexibility index (Phi) is 12.1. The molecule has 0 saturated heterocycles. The standard InChI is InChI=1S/C23H42O/c1-10-18(4)23(16-24-9)15-22(8)21(7)14-13-20(6)19(5)12-11-17(2)3/h15,17,19-21H,4,8,10-14,16H2,1-3,5-7,9H3/b23-15-. The average Bonchev–Trinajstić information content (AvgIpc) is 2.55. The summed E-state index contributed by atoms with van der Waals surface area (Å²) in [5.74, 6) is 2.93. The van der Waals surface area contributed by atoms with Gasteiger partial charge in [-0.25, -0.2) is 0 Å². The lowest BCUT2D eigenvalue weighted by Gasteiger charge is -2.23. The van der Waals surface area contributed by atoms with Crippen LogP contribution in [0.4, 0.5) is 0 Å². The minimum atomic E-state index is 0.515. The van der Waals surface area contributed by atoms with Crippen LogP contribution in [0.2, 0.25) is 0 Å². The minimum Gasteiger partial charge on any atom is -0.380 e. The highest BCUT2D eigenvalue weighted by molar-refractivity contribution is 5.35. The van der Waals surface area contributed by atoms with Gasteiger partial charge in [0.15, 0.2) is 0 Å². The Balaban J connectivity index is 4.50. The molecule has 0 spiro atoms. The van der Waals surface area contributed by atoms with Crippen molar-refractivity contribution >= 4 is 0 Å². The summed E-state index contributed by atoms with van der Waals surface area (Å²) in [4.78, 5) is 0. The van der Waals surface area contributed by atoms with Crippen LogP contribution in [-0.2, 0) is 4.74 Å². The smallest absolute Gasteiger partial charge is 0.0715 e. The Morgan fingerprint density at radius 2 is 1.46 bits per heavy atom. The molecule has 0 fully saturated rings. The molecule has 0 heterocycles. The van der Waals surface area contributed by atoms with Crippen LogP contribution >= 0.6 is 0 Å². The third kappa shape index (κ3) is 9.47. The summed E-state index contributed by atoms with van der Waals surface area (Å²) in [7, 11) is 1.74. The second-order valence-corrected chi connectivity index (χ2v) is 8.04. The zero-order valence-corrected chi connectivity index (χ0v) is 17.5. The maximum Gasteiger partial charge on any atom is 0.0715 e.